The highest BCUT2D eigenvalue weighted by Crippen LogP contribution is 2.25. The average Bonchev–Trinajstić information content (AvgIpc) is 1.84. The number of nitrogens with one attached hydrogen (secondary N) is 1. The molecule has 0 radical (unpaired) electrons. The molecule has 0 heterocycles. The van der Waals surface area contributed by atoms with Crippen LogP contribution in [0.3, 0.4) is 0 Å². The summed E-state index contributed by atoms with van der Waals surface area (Å²) in [6.45, 7) is 6.20. The van der Waals surface area contributed by atoms with Crippen LogP contribution in [0.5, 0.6) is 0 Å². The van der Waals surface area contributed by atoms with Crippen molar-refractivity contribution in [1.82, 2.24) is 5.32 Å². The van der Waals surface area contributed by atoms with Crippen LogP contribution in [0.4, 0.5) is 0 Å². The molecular formula is C9H20N2. The fraction of sp³-hybridized carbons (Fsp3) is 1.00. The van der Waals surface area contributed by atoms with Crippen LogP contribution in [0.25, 0.3) is 0 Å². The minimum Gasteiger partial charge on any atom is -0.329 e. The number of hydrogen-bond acceptors (Lipinski definition) is 2. The first kappa shape index (κ1) is 9.01. The lowest BCUT2D eigenvalue weighted by atomic mass is 9.85. The van der Waals surface area contributed by atoms with Crippen LogP contribution in [0, 0.1) is 5.92 Å². The molecule has 0 atom stereocenters. The maximum atomic E-state index is 5.59. The molecule has 1 saturated carbocycles. The van der Waals surface area contributed by atoms with E-state index in [4.69, 9.17) is 5.73 Å². The number of nitrogens with two attached hydrogens (primary N) is 1. The molecule has 0 aromatic rings. The molecule has 0 aromatic carbocycles. The molecule has 1 fully saturated rings. The summed E-state index contributed by atoms with van der Waals surface area (Å²) in [5.74, 6) is 0.931. The summed E-state index contributed by atoms with van der Waals surface area (Å²) >= 11 is 0. The predicted octanol–water partition coefficient (Wildman–Crippen LogP) is 1.11. The van der Waals surface area contributed by atoms with Crippen molar-refractivity contribution in [2.75, 3.05) is 13.1 Å². The second-order valence-corrected chi connectivity index (χ2v) is 4.27. The molecule has 0 aliphatic heterocycles. The lowest BCUT2D eigenvalue weighted by Gasteiger charge is -2.31. The molecule has 0 amide bonds. The first-order valence-corrected chi connectivity index (χ1v) is 4.59. The van der Waals surface area contributed by atoms with Gasteiger partial charge in [0, 0.05) is 12.1 Å². The van der Waals surface area contributed by atoms with E-state index in [2.05, 4.69) is 19.2 Å². The SMILES string of the molecule is CC(C)(CN)NCC1CCC1. The predicted molar refractivity (Wildman–Crippen MR) is 48.5 cm³/mol. The van der Waals surface area contributed by atoms with Crippen LogP contribution in [0.1, 0.15) is 33.1 Å². The molecule has 0 aromatic heterocycles. The third-order valence-corrected chi connectivity index (χ3v) is 2.60. The highest BCUT2D eigenvalue weighted by atomic mass is 15.0. The molecule has 0 saturated heterocycles. The Morgan fingerprint density at radius 1 is 1.45 bits per heavy atom. The normalized spacial score (nSPS) is 19.9. The standard InChI is InChI=1S/C9H20N2/c1-9(2,7-10)11-6-8-4-3-5-8/h8,11H,3-7,10H2,1-2H3. The lowest BCUT2D eigenvalue weighted by Crippen LogP contribution is -2.48. The van der Waals surface area contributed by atoms with Gasteiger partial charge in [-0.25, -0.2) is 0 Å². The Bertz CT molecular complexity index is 117. The second-order valence-electron chi connectivity index (χ2n) is 4.27. The Balaban J connectivity index is 2.09. The quantitative estimate of drug-likeness (QED) is 0.640. The van der Waals surface area contributed by atoms with E-state index in [1.807, 2.05) is 0 Å². The molecule has 1 rings (SSSR count). The zero-order valence-corrected chi connectivity index (χ0v) is 7.69. The fourth-order valence-corrected chi connectivity index (χ4v) is 1.19. The number of rotatable bonds is 4. The van der Waals surface area contributed by atoms with Crippen molar-refractivity contribution >= 4 is 0 Å². The van der Waals surface area contributed by atoms with Gasteiger partial charge >= 0.3 is 0 Å². The van der Waals surface area contributed by atoms with Crippen LogP contribution >= 0.6 is 0 Å². The van der Waals surface area contributed by atoms with E-state index in [-0.39, 0.29) is 5.54 Å². The van der Waals surface area contributed by atoms with Gasteiger partial charge in [0.05, 0.1) is 0 Å². The Morgan fingerprint density at radius 3 is 2.45 bits per heavy atom. The van der Waals surface area contributed by atoms with Gasteiger partial charge < -0.3 is 11.1 Å². The molecule has 11 heavy (non-hydrogen) atoms. The maximum Gasteiger partial charge on any atom is 0.0247 e. The summed E-state index contributed by atoms with van der Waals surface area (Å²) in [5, 5.41) is 3.49. The monoisotopic (exact) mass is 156 g/mol. The summed E-state index contributed by atoms with van der Waals surface area (Å²) in [7, 11) is 0. The Kier molecular flexibility index (Phi) is 2.90. The molecule has 0 bridgehead atoms. The van der Waals surface area contributed by atoms with Gasteiger partial charge in [-0.2, -0.15) is 0 Å². The first-order valence-electron chi connectivity index (χ1n) is 4.59. The molecule has 2 nitrogen and oxygen atoms in total. The molecule has 0 spiro atoms. The van der Waals surface area contributed by atoms with E-state index in [0.29, 0.717) is 0 Å². The van der Waals surface area contributed by atoms with Gasteiger partial charge in [0.1, 0.15) is 0 Å². The van der Waals surface area contributed by atoms with Crippen molar-refractivity contribution in [3.05, 3.63) is 0 Å². The Labute approximate surface area is 69.5 Å². The van der Waals surface area contributed by atoms with Crippen LogP contribution in [-0.4, -0.2) is 18.6 Å². The molecule has 1 aliphatic rings. The molecule has 0 unspecified atom stereocenters. The number of hydrogen-bond donors (Lipinski definition) is 2. The van der Waals surface area contributed by atoms with Crippen molar-refractivity contribution < 1.29 is 0 Å². The molecule has 2 heteroatoms. The Hall–Kier alpha value is -0.0800. The summed E-state index contributed by atoms with van der Waals surface area (Å²) in [6.07, 6.45) is 4.25. The Morgan fingerprint density at radius 2 is 2.09 bits per heavy atom. The van der Waals surface area contributed by atoms with Gasteiger partial charge in [-0.15, -0.1) is 0 Å². The average molecular weight is 156 g/mol. The highest BCUT2D eigenvalue weighted by Gasteiger charge is 2.21. The summed E-state index contributed by atoms with van der Waals surface area (Å²) in [5.41, 5.74) is 5.72. The van der Waals surface area contributed by atoms with E-state index in [0.717, 1.165) is 19.0 Å². The van der Waals surface area contributed by atoms with Crippen molar-refractivity contribution in [2.24, 2.45) is 11.7 Å². The van der Waals surface area contributed by atoms with Crippen LogP contribution in [0.2, 0.25) is 0 Å². The zero-order valence-electron chi connectivity index (χ0n) is 7.69. The first-order chi connectivity index (χ1) is 5.14. The highest BCUT2D eigenvalue weighted by molar-refractivity contribution is 4.81. The van der Waals surface area contributed by atoms with Gasteiger partial charge in [-0.3, -0.25) is 0 Å². The van der Waals surface area contributed by atoms with Gasteiger partial charge in [-0.05, 0) is 39.2 Å². The van der Waals surface area contributed by atoms with Crippen molar-refractivity contribution in [3.8, 4) is 0 Å². The van der Waals surface area contributed by atoms with Crippen LogP contribution in [-0.2, 0) is 0 Å². The molecule has 66 valence electrons. The van der Waals surface area contributed by atoms with Gasteiger partial charge in [0.15, 0.2) is 0 Å². The van der Waals surface area contributed by atoms with E-state index in [1.54, 1.807) is 0 Å². The summed E-state index contributed by atoms with van der Waals surface area (Å²) < 4.78 is 0. The molecule has 1 aliphatic carbocycles. The fourth-order valence-electron chi connectivity index (χ4n) is 1.19. The molecule has 3 N–H and O–H groups in total. The van der Waals surface area contributed by atoms with E-state index < -0.39 is 0 Å². The van der Waals surface area contributed by atoms with E-state index in [1.165, 1.54) is 19.3 Å². The second kappa shape index (κ2) is 3.55. The van der Waals surface area contributed by atoms with E-state index >= 15 is 0 Å². The molecular weight excluding hydrogens is 136 g/mol. The lowest BCUT2D eigenvalue weighted by molar-refractivity contribution is 0.265. The third-order valence-electron chi connectivity index (χ3n) is 2.60. The van der Waals surface area contributed by atoms with Crippen molar-refractivity contribution in [2.45, 2.75) is 38.6 Å². The van der Waals surface area contributed by atoms with Crippen molar-refractivity contribution in [3.63, 3.8) is 0 Å². The zero-order chi connectivity index (χ0) is 8.32. The minimum atomic E-state index is 0.135. The topological polar surface area (TPSA) is 38.0 Å². The van der Waals surface area contributed by atoms with Crippen molar-refractivity contribution in [1.29, 1.82) is 0 Å². The maximum absolute atomic E-state index is 5.59. The third kappa shape index (κ3) is 2.80. The largest absolute Gasteiger partial charge is 0.329 e. The minimum absolute atomic E-state index is 0.135. The van der Waals surface area contributed by atoms with Gasteiger partial charge in [0.25, 0.3) is 0 Å². The van der Waals surface area contributed by atoms with E-state index in [9.17, 15) is 0 Å². The van der Waals surface area contributed by atoms with Gasteiger partial charge in [-0.1, -0.05) is 6.42 Å². The summed E-state index contributed by atoms with van der Waals surface area (Å²) in [4.78, 5) is 0. The van der Waals surface area contributed by atoms with Crippen LogP contribution in [0.15, 0.2) is 0 Å². The van der Waals surface area contributed by atoms with Gasteiger partial charge in [0.2, 0.25) is 0 Å². The summed E-state index contributed by atoms with van der Waals surface area (Å²) in [6, 6.07) is 0. The van der Waals surface area contributed by atoms with Crippen LogP contribution < -0.4 is 11.1 Å². The smallest absolute Gasteiger partial charge is 0.0247 e.